The van der Waals surface area contributed by atoms with Gasteiger partial charge in [0.1, 0.15) is 11.5 Å². The van der Waals surface area contributed by atoms with Gasteiger partial charge < -0.3 is 14.8 Å². The predicted octanol–water partition coefficient (Wildman–Crippen LogP) is 3.56. The van der Waals surface area contributed by atoms with Crippen LogP contribution >= 0.6 is 0 Å². The summed E-state index contributed by atoms with van der Waals surface area (Å²) in [5, 5.41) is 3.42. The van der Waals surface area contributed by atoms with Gasteiger partial charge in [0.2, 0.25) is 0 Å². The lowest BCUT2D eigenvalue weighted by atomic mass is 10.2. The van der Waals surface area contributed by atoms with Gasteiger partial charge in [-0.25, -0.2) is 0 Å². The molecule has 2 aromatic carbocycles. The Labute approximate surface area is 126 Å². The van der Waals surface area contributed by atoms with E-state index in [1.54, 1.807) is 7.11 Å². The molecule has 0 saturated carbocycles. The van der Waals surface area contributed by atoms with Gasteiger partial charge in [-0.15, -0.1) is 0 Å². The molecular weight excluding hydrogens is 262 g/mol. The normalized spacial score (nSPS) is 10.4. The third kappa shape index (κ3) is 5.48. The van der Waals surface area contributed by atoms with E-state index in [1.807, 2.05) is 24.3 Å². The van der Waals surface area contributed by atoms with E-state index in [0.717, 1.165) is 37.6 Å². The zero-order chi connectivity index (χ0) is 14.9. The summed E-state index contributed by atoms with van der Waals surface area (Å²) in [6.07, 6.45) is 0.990. The Balaban J connectivity index is 1.59. The average molecular weight is 285 g/mol. The topological polar surface area (TPSA) is 30.5 Å². The smallest absolute Gasteiger partial charge is 0.119 e. The van der Waals surface area contributed by atoms with Crippen molar-refractivity contribution in [2.75, 3.05) is 20.3 Å². The van der Waals surface area contributed by atoms with E-state index in [0.29, 0.717) is 0 Å². The van der Waals surface area contributed by atoms with Crippen molar-refractivity contribution in [2.24, 2.45) is 0 Å². The minimum atomic E-state index is 0.735. The Morgan fingerprint density at radius 1 is 1.00 bits per heavy atom. The van der Waals surface area contributed by atoms with Crippen LogP contribution in [0.3, 0.4) is 0 Å². The van der Waals surface area contributed by atoms with Gasteiger partial charge in [0.25, 0.3) is 0 Å². The van der Waals surface area contributed by atoms with Crippen LogP contribution in [0.4, 0.5) is 0 Å². The van der Waals surface area contributed by atoms with Gasteiger partial charge >= 0.3 is 0 Å². The number of hydrogen-bond acceptors (Lipinski definition) is 3. The lowest BCUT2D eigenvalue weighted by Crippen LogP contribution is -2.17. The molecule has 0 heterocycles. The first-order valence-corrected chi connectivity index (χ1v) is 7.31. The van der Waals surface area contributed by atoms with Gasteiger partial charge in [-0.05, 0) is 55.3 Å². The van der Waals surface area contributed by atoms with Crippen LogP contribution in [0.5, 0.6) is 11.5 Å². The fraction of sp³-hybridized carbons (Fsp3) is 0.333. The number of hydrogen-bond donors (Lipinski definition) is 1. The maximum absolute atomic E-state index is 5.71. The maximum atomic E-state index is 5.71. The Morgan fingerprint density at radius 2 is 1.81 bits per heavy atom. The van der Waals surface area contributed by atoms with Crippen LogP contribution in [-0.2, 0) is 6.54 Å². The molecule has 3 nitrogen and oxygen atoms in total. The number of nitrogens with one attached hydrogen (secondary N) is 1. The Bertz CT molecular complexity index is 537. The highest BCUT2D eigenvalue weighted by Crippen LogP contribution is 2.12. The van der Waals surface area contributed by atoms with E-state index in [2.05, 4.69) is 36.5 Å². The van der Waals surface area contributed by atoms with Crippen LogP contribution in [0.1, 0.15) is 17.5 Å². The molecule has 0 aromatic heterocycles. The van der Waals surface area contributed by atoms with Gasteiger partial charge in [0.05, 0.1) is 13.7 Å². The fourth-order valence-corrected chi connectivity index (χ4v) is 2.07. The summed E-state index contributed by atoms with van der Waals surface area (Å²) in [4.78, 5) is 0. The standard InChI is InChI=1S/C18H23NO2/c1-15-5-3-6-18(13-15)21-12-4-11-19-14-16-7-9-17(20-2)10-8-16/h3,5-10,13,19H,4,11-12,14H2,1-2H3. The molecule has 0 aliphatic carbocycles. The Morgan fingerprint density at radius 3 is 2.52 bits per heavy atom. The monoisotopic (exact) mass is 285 g/mol. The Hall–Kier alpha value is -2.00. The predicted molar refractivity (Wildman–Crippen MR) is 86.0 cm³/mol. The number of benzene rings is 2. The molecule has 0 atom stereocenters. The second kappa shape index (κ2) is 8.32. The van der Waals surface area contributed by atoms with E-state index in [9.17, 15) is 0 Å². The molecule has 3 heteroatoms. The molecule has 0 spiro atoms. The van der Waals surface area contributed by atoms with Crippen LogP contribution in [-0.4, -0.2) is 20.3 Å². The number of methoxy groups -OCH3 is 1. The number of rotatable bonds is 8. The average Bonchev–Trinajstić information content (AvgIpc) is 2.51. The van der Waals surface area contributed by atoms with Crippen molar-refractivity contribution in [3.05, 3.63) is 59.7 Å². The summed E-state index contributed by atoms with van der Waals surface area (Å²) in [6, 6.07) is 16.3. The summed E-state index contributed by atoms with van der Waals surface area (Å²) >= 11 is 0. The molecule has 2 rings (SSSR count). The number of ether oxygens (including phenoxy) is 2. The molecule has 0 unspecified atom stereocenters. The molecule has 112 valence electrons. The highest BCUT2D eigenvalue weighted by molar-refractivity contribution is 5.27. The molecule has 0 aliphatic heterocycles. The van der Waals surface area contributed by atoms with Crippen LogP contribution in [0.25, 0.3) is 0 Å². The highest BCUT2D eigenvalue weighted by Gasteiger charge is 1.96. The van der Waals surface area contributed by atoms with E-state index in [1.165, 1.54) is 11.1 Å². The van der Waals surface area contributed by atoms with Crippen molar-refractivity contribution >= 4 is 0 Å². The summed E-state index contributed by atoms with van der Waals surface area (Å²) in [5.74, 6) is 1.84. The lowest BCUT2D eigenvalue weighted by Gasteiger charge is -2.08. The van der Waals surface area contributed by atoms with Crippen LogP contribution in [0.2, 0.25) is 0 Å². The molecule has 0 fully saturated rings. The maximum Gasteiger partial charge on any atom is 0.119 e. The van der Waals surface area contributed by atoms with E-state index in [4.69, 9.17) is 9.47 Å². The summed E-state index contributed by atoms with van der Waals surface area (Å²) in [6.45, 7) is 4.62. The first-order valence-electron chi connectivity index (χ1n) is 7.31. The zero-order valence-corrected chi connectivity index (χ0v) is 12.8. The first kappa shape index (κ1) is 15.4. The van der Waals surface area contributed by atoms with Crippen molar-refractivity contribution in [2.45, 2.75) is 19.9 Å². The van der Waals surface area contributed by atoms with Crippen LogP contribution in [0.15, 0.2) is 48.5 Å². The molecule has 0 radical (unpaired) electrons. The fourth-order valence-electron chi connectivity index (χ4n) is 2.07. The van der Waals surface area contributed by atoms with Gasteiger partial charge in [0, 0.05) is 6.54 Å². The lowest BCUT2D eigenvalue weighted by molar-refractivity contribution is 0.308. The van der Waals surface area contributed by atoms with Gasteiger partial charge in [-0.3, -0.25) is 0 Å². The summed E-state index contributed by atoms with van der Waals surface area (Å²) in [7, 11) is 1.68. The van der Waals surface area contributed by atoms with E-state index in [-0.39, 0.29) is 0 Å². The van der Waals surface area contributed by atoms with Crippen molar-refractivity contribution in [1.29, 1.82) is 0 Å². The van der Waals surface area contributed by atoms with Gasteiger partial charge in [-0.2, -0.15) is 0 Å². The molecule has 1 N–H and O–H groups in total. The third-order valence-electron chi connectivity index (χ3n) is 3.24. The van der Waals surface area contributed by atoms with Crippen molar-refractivity contribution < 1.29 is 9.47 Å². The second-order valence-corrected chi connectivity index (χ2v) is 5.04. The molecule has 21 heavy (non-hydrogen) atoms. The van der Waals surface area contributed by atoms with Crippen molar-refractivity contribution in [1.82, 2.24) is 5.32 Å². The molecule has 0 amide bonds. The molecule has 0 saturated heterocycles. The van der Waals surface area contributed by atoms with Crippen LogP contribution in [0, 0.1) is 6.92 Å². The first-order chi connectivity index (χ1) is 10.3. The molecular formula is C18H23NO2. The summed E-state index contributed by atoms with van der Waals surface area (Å²) in [5.41, 5.74) is 2.49. The van der Waals surface area contributed by atoms with Crippen molar-refractivity contribution in [3.8, 4) is 11.5 Å². The Kier molecular flexibility index (Phi) is 6.10. The van der Waals surface area contributed by atoms with E-state index < -0.39 is 0 Å². The van der Waals surface area contributed by atoms with Crippen molar-refractivity contribution in [3.63, 3.8) is 0 Å². The molecule has 2 aromatic rings. The SMILES string of the molecule is COc1ccc(CNCCCOc2cccc(C)c2)cc1. The van der Waals surface area contributed by atoms with Gasteiger partial charge in [-0.1, -0.05) is 24.3 Å². The van der Waals surface area contributed by atoms with Gasteiger partial charge in [0.15, 0.2) is 0 Å². The van der Waals surface area contributed by atoms with E-state index >= 15 is 0 Å². The molecule has 0 bridgehead atoms. The largest absolute Gasteiger partial charge is 0.497 e. The minimum Gasteiger partial charge on any atom is -0.497 e. The van der Waals surface area contributed by atoms with Crippen LogP contribution < -0.4 is 14.8 Å². The summed E-state index contributed by atoms with van der Waals surface area (Å²) < 4.78 is 10.9. The third-order valence-corrected chi connectivity index (χ3v) is 3.24. The minimum absolute atomic E-state index is 0.735. The highest BCUT2D eigenvalue weighted by atomic mass is 16.5. The number of aryl methyl sites for hydroxylation is 1. The quantitative estimate of drug-likeness (QED) is 0.752. The molecule has 0 aliphatic rings. The second-order valence-electron chi connectivity index (χ2n) is 5.04. The zero-order valence-electron chi connectivity index (χ0n) is 12.8.